The van der Waals surface area contributed by atoms with Crippen LogP contribution in [0.2, 0.25) is 0 Å². The summed E-state index contributed by atoms with van der Waals surface area (Å²) in [5.41, 5.74) is 15.6. The maximum Gasteiger partial charge on any atom is 0.326 e. The van der Waals surface area contributed by atoms with Crippen LogP contribution < -0.4 is 43.4 Å². The van der Waals surface area contributed by atoms with Crippen LogP contribution in [0.1, 0.15) is 79.4 Å². The summed E-state index contributed by atoms with van der Waals surface area (Å²) in [5, 5.41) is 20.5. The molecule has 15 heteroatoms. The molecule has 2 aromatic carbocycles. The van der Waals surface area contributed by atoms with E-state index in [2.05, 4.69) is 37.7 Å². The third-order valence-corrected chi connectivity index (χ3v) is 8.82. The van der Waals surface area contributed by atoms with Crippen LogP contribution in [0.15, 0.2) is 60.7 Å². The second kappa shape index (κ2) is 23.1. The van der Waals surface area contributed by atoms with Crippen LogP contribution in [-0.2, 0) is 41.6 Å². The lowest BCUT2D eigenvalue weighted by Crippen LogP contribution is -2.63. The molecule has 0 bridgehead atoms. The molecule has 10 N–H and O–H groups in total. The van der Waals surface area contributed by atoms with Gasteiger partial charge in [0.15, 0.2) is 0 Å². The van der Waals surface area contributed by atoms with Gasteiger partial charge in [-0.1, -0.05) is 116 Å². The Bertz CT molecular complexity index is 1540. The van der Waals surface area contributed by atoms with Gasteiger partial charge in [0.2, 0.25) is 23.6 Å². The Kier molecular flexibility index (Phi) is 19.5. The lowest BCUT2D eigenvalue weighted by Gasteiger charge is -2.28. The average molecular weight is 767 g/mol. The van der Waals surface area contributed by atoms with E-state index in [-0.39, 0.29) is 37.0 Å². The van der Waals surface area contributed by atoms with Gasteiger partial charge in [-0.25, -0.2) is 10.2 Å². The van der Waals surface area contributed by atoms with Crippen LogP contribution in [-0.4, -0.2) is 76.9 Å². The first kappa shape index (κ1) is 46.3. The molecule has 5 amide bonds. The third kappa shape index (κ3) is 16.6. The molecule has 2 rings (SSSR count). The van der Waals surface area contributed by atoms with Gasteiger partial charge in [0.05, 0.1) is 6.04 Å². The molecule has 15 nitrogen and oxygen atoms in total. The predicted octanol–water partition coefficient (Wildman–Crippen LogP) is 1.72. The topological polar surface area (TPSA) is 233 Å². The first-order chi connectivity index (χ1) is 25.9. The second-order valence-electron chi connectivity index (χ2n) is 15.5. The van der Waals surface area contributed by atoms with Crippen LogP contribution in [0.5, 0.6) is 0 Å². The molecule has 0 unspecified atom stereocenters. The number of carboxylic acid groups (broad SMARTS) is 1. The van der Waals surface area contributed by atoms with Crippen molar-refractivity contribution in [2.75, 3.05) is 0 Å². The number of carbonyl (C=O) groups is 6. The number of hydrazine groups is 2. The summed E-state index contributed by atoms with van der Waals surface area (Å²) in [5.74, 6) is -4.60. The highest BCUT2D eigenvalue weighted by Crippen LogP contribution is 2.11. The van der Waals surface area contributed by atoms with E-state index in [1.54, 1.807) is 27.7 Å². The molecule has 0 saturated carbocycles. The van der Waals surface area contributed by atoms with Crippen LogP contribution in [0.3, 0.4) is 0 Å². The molecule has 0 aliphatic rings. The molecule has 0 spiro atoms. The predicted molar refractivity (Wildman–Crippen MR) is 210 cm³/mol. The Morgan fingerprint density at radius 2 is 0.982 bits per heavy atom. The molecule has 2 aromatic rings. The van der Waals surface area contributed by atoms with Crippen molar-refractivity contribution < 1.29 is 33.9 Å². The number of nitrogens with one attached hydrogen (secondary N) is 7. The number of nitrogens with two attached hydrogens (primary N) is 1. The number of hydrogen-bond acceptors (Lipinski definition) is 9. The Morgan fingerprint density at radius 1 is 0.545 bits per heavy atom. The molecular formula is C40H62N8O7. The van der Waals surface area contributed by atoms with E-state index in [0.29, 0.717) is 6.42 Å². The standard InChI is InChI=1S/C40H62N8O7/c1-23(2)19-29(41)35(49)44-33(25(5)6)38(52)42-30(21-27-15-11-9-12-16-27)37(51)47-48-46-31(22-28-17-13-10-14-18-28)36(50)45-34(26(7)8)39(53)43-32(40(54)55)20-24(3)4/h9-18,23-26,29-34,46,48H,19-22,41H2,1-8H3,(H,42,52)(H,43,53)(H,44,49)(H,45,50)(H,47,51)(H,54,55)/t29-,30-,31-,32-,33-,34-/m0/s1. The molecular weight excluding hydrogens is 704 g/mol. The fourth-order valence-corrected chi connectivity index (χ4v) is 5.80. The zero-order valence-corrected chi connectivity index (χ0v) is 33.3. The van der Waals surface area contributed by atoms with E-state index in [1.807, 2.05) is 88.4 Å². The first-order valence-corrected chi connectivity index (χ1v) is 19.0. The summed E-state index contributed by atoms with van der Waals surface area (Å²) < 4.78 is 0. The molecule has 0 radical (unpaired) electrons. The zero-order chi connectivity index (χ0) is 41.2. The summed E-state index contributed by atoms with van der Waals surface area (Å²) >= 11 is 0. The molecule has 55 heavy (non-hydrogen) atoms. The SMILES string of the molecule is CC(C)C[C@H](NC(=O)[C@@H](NC(=O)[C@H](Cc1ccccc1)NNNC(=O)[C@H](Cc1ccccc1)NC(=O)[C@@H](NC(=O)[C@@H](N)CC(C)C)C(C)C)C(C)C)C(=O)O. The number of rotatable bonds is 23. The summed E-state index contributed by atoms with van der Waals surface area (Å²) in [6, 6.07) is 12.1. The van der Waals surface area contributed by atoms with E-state index in [9.17, 15) is 33.9 Å². The highest BCUT2D eigenvalue weighted by molar-refractivity contribution is 5.94. The van der Waals surface area contributed by atoms with E-state index >= 15 is 0 Å². The van der Waals surface area contributed by atoms with Gasteiger partial charge in [-0.05, 0) is 54.1 Å². The van der Waals surface area contributed by atoms with Gasteiger partial charge >= 0.3 is 5.97 Å². The number of carboxylic acids is 1. The Morgan fingerprint density at radius 3 is 1.42 bits per heavy atom. The number of amides is 5. The molecule has 6 atom stereocenters. The van der Waals surface area contributed by atoms with E-state index in [1.165, 1.54) is 0 Å². The van der Waals surface area contributed by atoms with Crippen molar-refractivity contribution in [3.63, 3.8) is 0 Å². The normalized spacial score (nSPS) is 14.7. The van der Waals surface area contributed by atoms with Crippen LogP contribution in [0, 0.1) is 23.7 Å². The van der Waals surface area contributed by atoms with Crippen LogP contribution in [0.25, 0.3) is 0 Å². The van der Waals surface area contributed by atoms with Gasteiger partial charge in [-0.15, -0.1) is 0 Å². The largest absolute Gasteiger partial charge is 0.480 e. The molecule has 0 aliphatic heterocycles. The van der Waals surface area contributed by atoms with Gasteiger partial charge in [0.25, 0.3) is 5.91 Å². The first-order valence-electron chi connectivity index (χ1n) is 19.0. The fraction of sp³-hybridized carbons (Fsp3) is 0.550. The molecule has 0 heterocycles. The summed E-state index contributed by atoms with van der Waals surface area (Å²) in [6.07, 6.45) is 0.908. The number of carbonyl (C=O) groups excluding carboxylic acids is 5. The highest BCUT2D eigenvalue weighted by Gasteiger charge is 2.33. The average Bonchev–Trinajstić information content (AvgIpc) is 3.11. The van der Waals surface area contributed by atoms with Crippen LogP contribution >= 0.6 is 0 Å². The smallest absolute Gasteiger partial charge is 0.326 e. The van der Waals surface area contributed by atoms with E-state index in [4.69, 9.17) is 5.73 Å². The van der Waals surface area contributed by atoms with Crippen molar-refractivity contribution in [3.05, 3.63) is 71.8 Å². The summed E-state index contributed by atoms with van der Waals surface area (Å²) in [7, 11) is 0. The maximum absolute atomic E-state index is 13.8. The molecule has 0 fully saturated rings. The van der Waals surface area contributed by atoms with Crippen LogP contribution in [0.4, 0.5) is 0 Å². The number of benzene rings is 2. The summed E-state index contributed by atoms with van der Waals surface area (Å²) in [4.78, 5) is 79.1. The Labute approximate surface area is 325 Å². The fourth-order valence-electron chi connectivity index (χ4n) is 5.80. The quantitative estimate of drug-likeness (QED) is 0.0744. The van der Waals surface area contributed by atoms with Crippen molar-refractivity contribution in [2.45, 2.75) is 117 Å². The van der Waals surface area contributed by atoms with Crippen molar-refractivity contribution in [3.8, 4) is 0 Å². The van der Waals surface area contributed by atoms with E-state index < -0.39 is 77.7 Å². The van der Waals surface area contributed by atoms with Gasteiger partial charge in [-0.2, -0.15) is 5.53 Å². The van der Waals surface area contributed by atoms with Gasteiger partial charge in [0.1, 0.15) is 30.2 Å². The van der Waals surface area contributed by atoms with Crippen molar-refractivity contribution in [1.82, 2.24) is 37.7 Å². The third-order valence-electron chi connectivity index (χ3n) is 8.82. The van der Waals surface area contributed by atoms with Crippen molar-refractivity contribution in [1.29, 1.82) is 0 Å². The number of aliphatic carboxylic acids is 1. The molecule has 0 aliphatic carbocycles. The molecule has 304 valence electrons. The minimum atomic E-state index is -1.17. The highest BCUT2D eigenvalue weighted by atomic mass is 16.4. The zero-order valence-electron chi connectivity index (χ0n) is 33.3. The van der Waals surface area contributed by atoms with E-state index in [0.717, 1.165) is 11.1 Å². The molecule has 0 saturated heterocycles. The van der Waals surface area contributed by atoms with Crippen molar-refractivity contribution >= 4 is 35.5 Å². The monoisotopic (exact) mass is 766 g/mol. The summed E-state index contributed by atoms with van der Waals surface area (Å²) in [6.45, 7) is 14.6. The van der Waals surface area contributed by atoms with Gasteiger partial charge in [0, 0.05) is 6.42 Å². The number of hydrogen-bond donors (Lipinski definition) is 9. The van der Waals surface area contributed by atoms with Gasteiger partial charge in [-0.3, -0.25) is 29.4 Å². The second-order valence-corrected chi connectivity index (χ2v) is 15.5. The lowest BCUT2D eigenvalue weighted by atomic mass is 9.99. The Balaban J connectivity index is 2.26. The van der Waals surface area contributed by atoms with Gasteiger partial charge < -0.3 is 32.1 Å². The maximum atomic E-state index is 13.8. The Hall–Kier alpha value is -4.86. The minimum absolute atomic E-state index is 0.00539. The minimum Gasteiger partial charge on any atom is -0.480 e. The lowest BCUT2D eigenvalue weighted by molar-refractivity contribution is -0.143. The molecule has 0 aromatic heterocycles. The van der Waals surface area contributed by atoms with Crippen molar-refractivity contribution in [2.24, 2.45) is 29.4 Å².